The molecule has 1 aliphatic heterocycles. The molecule has 104 valence electrons. The molecule has 1 heterocycles. The molecule has 0 spiro atoms. The Morgan fingerprint density at radius 1 is 1.32 bits per heavy atom. The summed E-state index contributed by atoms with van der Waals surface area (Å²) < 4.78 is 4.79. The van der Waals surface area contributed by atoms with Crippen LogP contribution in [0.2, 0.25) is 0 Å². The summed E-state index contributed by atoms with van der Waals surface area (Å²) in [4.78, 5) is 13.7. The number of rotatable bonds is 4. The number of likely N-dealkylation sites (tertiary alicyclic amines) is 1. The van der Waals surface area contributed by atoms with Gasteiger partial charge in [-0.05, 0) is 31.9 Å². The van der Waals surface area contributed by atoms with Gasteiger partial charge in [-0.15, -0.1) is 0 Å². The summed E-state index contributed by atoms with van der Waals surface area (Å²) in [6.45, 7) is 3.78. The molecule has 1 saturated heterocycles. The van der Waals surface area contributed by atoms with E-state index in [1.165, 1.54) is 12.8 Å². The number of piperidine rings is 1. The zero-order valence-electron chi connectivity index (χ0n) is 11.6. The number of carbonyl (C=O) groups excluding carboxylic acids is 1. The van der Waals surface area contributed by atoms with Crippen LogP contribution in [0.5, 0.6) is 0 Å². The van der Waals surface area contributed by atoms with Crippen LogP contribution in [-0.4, -0.2) is 43.2 Å². The maximum absolute atomic E-state index is 11.5. The van der Waals surface area contributed by atoms with Crippen LogP contribution in [0, 0.1) is 0 Å². The number of para-hydroxylation sites is 1. The largest absolute Gasteiger partial charge is 0.468 e. The number of methoxy groups -OCH3 is 1. The molecule has 0 aromatic heterocycles. The highest BCUT2D eigenvalue weighted by Gasteiger charge is 2.26. The van der Waals surface area contributed by atoms with E-state index in [1.807, 2.05) is 25.1 Å². The zero-order valence-corrected chi connectivity index (χ0v) is 11.6. The SMILES string of the molecule is COC(=O)C(C)N1CCC(Nc2ccccc2)CC1. The normalized spacial score (nSPS) is 18.8. The first-order chi connectivity index (χ1) is 9.20. The Hall–Kier alpha value is -1.55. The minimum atomic E-state index is -0.144. The van der Waals surface area contributed by atoms with E-state index in [9.17, 15) is 4.79 Å². The topological polar surface area (TPSA) is 41.6 Å². The van der Waals surface area contributed by atoms with Gasteiger partial charge in [0.25, 0.3) is 0 Å². The molecule has 1 N–H and O–H groups in total. The number of ether oxygens (including phenoxy) is 1. The second-order valence-corrected chi connectivity index (χ2v) is 5.02. The van der Waals surface area contributed by atoms with E-state index in [-0.39, 0.29) is 12.0 Å². The van der Waals surface area contributed by atoms with Crippen LogP contribution >= 0.6 is 0 Å². The molecular weight excluding hydrogens is 240 g/mol. The van der Waals surface area contributed by atoms with Gasteiger partial charge in [0.05, 0.1) is 7.11 Å². The van der Waals surface area contributed by atoms with E-state index >= 15 is 0 Å². The van der Waals surface area contributed by atoms with Crippen LogP contribution in [0.15, 0.2) is 30.3 Å². The van der Waals surface area contributed by atoms with Gasteiger partial charge in [0, 0.05) is 24.8 Å². The fourth-order valence-electron chi connectivity index (χ4n) is 2.52. The number of nitrogens with one attached hydrogen (secondary N) is 1. The Kier molecular flexibility index (Phi) is 4.80. The summed E-state index contributed by atoms with van der Waals surface area (Å²) in [5.41, 5.74) is 1.17. The summed E-state index contributed by atoms with van der Waals surface area (Å²) in [5.74, 6) is -0.144. The molecule has 1 aromatic rings. The first kappa shape index (κ1) is 13.9. The number of carbonyl (C=O) groups is 1. The molecule has 4 heteroatoms. The van der Waals surface area contributed by atoms with Gasteiger partial charge >= 0.3 is 5.97 Å². The molecular formula is C15H22N2O2. The first-order valence-electron chi connectivity index (χ1n) is 6.84. The van der Waals surface area contributed by atoms with E-state index < -0.39 is 0 Å². The van der Waals surface area contributed by atoms with Gasteiger partial charge in [-0.1, -0.05) is 18.2 Å². The Morgan fingerprint density at radius 2 is 1.95 bits per heavy atom. The first-order valence-corrected chi connectivity index (χ1v) is 6.84. The van der Waals surface area contributed by atoms with Crippen LogP contribution in [-0.2, 0) is 9.53 Å². The van der Waals surface area contributed by atoms with Gasteiger partial charge in [-0.3, -0.25) is 9.69 Å². The van der Waals surface area contributed by atoms with Crippen molar-refractivity contribution in [2.75, 3.05) is 25.5 Å². The molecule has 0 radical (unpaired) electrons. The lowest BCUT2D eigenvalue weighted by Gasteiger charge is -2.35. The summed E-state index contributed by atoms with van der Waals surface area (Å²) in [7, 11) is 1.45. The molecule has 1 aromatic carbocycles. The Bertz CT molecular complexity index is 400. The van der Waals surface area contributed by atoms with Gasteiger partial charge in [0.1, 0.15) is 6.04 Å². The van der Waals surface area contributed by atoms with Crippen molar-refractivity contribution in [2.45, 2.75) is 31.8 Å². The molecule has 1 fully saturated rings. The molecule has 0 aliphatic carbocycles. The summed E-state index contributed by atoms with van der Waals surface area (Å²) >= 11 is 0. The van der Waals surface area contributed by atoms with E-state index in [0.29, 0.717) is 6.04 Å². The van der Waals surface area contributed by atoms with Gasteiger partial charge in [-0.2, -0.15) is 0 Å². The van der Waals surface area contributed by atoms with Crippen molar-refractivity contribution in [1.29, 1.82) is 0 Å². The second kappa shape index (κ2) is 6.57. The average Bonchev–Trinajstić information content (AvgIpc) is 2.47. The highest BCUT2D eigenvalue weighted by atomic mass is 16.5. The van der Waals surface area contributed by atoms with Crippen LogP contribution in [0.4, 0.5) is 5.69 Å². The maximum Gasteiger partial charge on any atom is 0.322 e. The molecule has 0 amide bonds. The van der Waals surface area contributed by atoms with Crippen molar-refractivity contribution < 1.29 is 9.53 Å². The van der Waals surface area contributed by atoms with E-state index in [1.54, 1.807) is 0 Å². The minimum Gasteiger partial charge on any atom is -0.468 e. The standard InChI is InChI=1S/C15H22N2O2/c1-12(15(18)19-2)17-10-8-14(9-11-17)16-13-6-4-3-5-7-13/h3-7,12,14,16H,8-11H2,1-2H3. The molecule has 0 bridgehead atoms. The second-order valence-electron chi connectivity index (χ2n) is 5.02. The third-order valence-electron chi connectivity index (χ3n) is 3.76. The van der Waals surface area contributed by atoms with Crippen LogP contribution in [0.1, 0.15) is 19.8 Å². The molecule has 19 heavy (non-hydrogen) atoms. The zero-order chi connectivity index (χ0) is 13.7. The van der Waals surface area contributed by atoms with Crippen LogP contribution < -0.4 is 5.32 Å². The smallest absolute Gasteiger partial charge is 0.322 e. The minimum absolute atomic E-state index is 0.136. The number of benzene rings is 1. The van der Waals surface area contributed by atoms with Gasteiger partial charge in [0.2, 0.25) is 0 Å². The molecule has 1 aliphatic rings. The maximum atomic E-state index is 11.5. The van der Waals surface area contributed by atoms with Crippen molar-refractivity contribution >= 4 is 11.7 Å². The number of anilines is 1. The third-order valence-corrected chi connectivity index (χ3v) is 3.76. The van der Waals surface area contributed by atoms with Gasteiger partial charge < -0.3 is 10.1 Å². The summed E-state index contributed by atoms with van der Waals surface area (Å²) in [6.07, 6.45) is 2.10. The molecule has 1 unspecified atom stereocenters. The van der Waals surface area contributed by atoms with Crippen LogP contribution in [0.25, 0.3) is 0 Å². The third kappa shape index (κ3) is 3.70. The quantitative estimate of drug-likeness (QED) is 0.844. The highest BCUT2D eigenvalue weighted by molar-refractivity contribution is 5.75. The highest BCUT2D eigenvalue weighted by Crippen LogP contribution is 2.18. The number of hydrogen-bond donors (Lipinski definition) is 1. The lowest BCUT2D eigenvalue weighted by Crippen LogP contribution is -2.46. The Morgan fingerprint density at radius 3 is 2.53 bits per heavy atom. The molecule has 1 atom stereocenters. The molecule has 0 saturated carbocycles. The van der Waals surface area contributed by atoms with Crippen molar-refractivity contribution in [2.24, 2.45) is 0 Å². The van der Waals surface area contributed by atoms with Gasteiger partial charge in [0.15, 0.2) is 0 Å². The fourth-order valence-corrected chi connectivity index (χ4v) is 2.52. The van der Waals surface area contributed by atoms with Gasteiger partial charge in [-0.25, -0.2) is 0 Å². The Balaban J connectivity index is 1.81. The average molecular weight is 262 g/mol. The monoisotopic (exact) mass is 262 g/mol. The predicted octanol–water partition coefficient (Wildman–Crippen LogP) is 2.12. The van der Waals surface area contributed by atoms with Crippen molar-refractivity contribution in [3.8, 4) is 0 Å². The Labute approximate surface area is 114 Å². The number of esters is 1. The number of nitrogens with zero attached hydrogens (tertiary/aromatic N) is 1. The van der Waals surface area contributed by atoms with Crippen molar-refractivity contribution in [3.63, 3.8) is 0 Å². The van der Waals surface area contributed by atoms with E-state index in [4.69, 9.17) is 4.74 Å². The lowest BCUT2D eigenvalue weighted by atomic mass is 10.0. The van der Waals surface area contributed by atoms with Crippen LogP contribution in [0.3, 0.4) is 0 Å². The predicted molar refractivity (Wildman–Crippen MR) is 76.1 cm³/mol. The summed E-state index contributed by atoms with van der Waals surface area (Å²) in [6, 6.07) is 10.6. The molecule has 4 nitrogen and oxygen atoms in total. The van der Waals surface area contributed by atoms with E-state index in [0.717, 1.165) is 25.9 Å². The summed E-state index contributed by atoms with van der Waals surface area (Å²) in [5, 5.41) is 3.54. The number of hydrogen-bond acceptors (Lipinski definition) is 4. The van der Waals surface area contributed by atoms with E-state index in [2.05, 4.69) is 22.3 Å². The van der Waals surface area contributed by atoms with Crippen molar-refractivity contribution in [3.05, 3.63) is 30.3 Å². The molecule has 2 rings (SSSR count). The fraction of sp³-hybridized carbons (Fsp3) is 0.533. The van der Waals surface area contributed by atoms with Crippen molar-refractivity contribution in [1.82, 2.24) is 4.90 Å². The lowest BCUT2D eigenvalue weighted by molar-refractivity contribution is -0.146.